The maximum atomic E-state index is 11.8. The van der Waals surface area contributed by atoms with Gasteiger partial charge in [-0.05, 0) is 13.3 Å². The molecule has 16 heavy (non-hydrogen) atoms. The van der Waals surface area contributed by atoms with E-state index < -0.39 is 0 Å². The number of hydrogen-bond acceptors (Lipinski definition) is 3. The molecule has 0 aliphatic heterocycles. The fourth-order valence-corrected chi connectivity index (χ4v) is 1.62. The smallest absolute Gasteiger partial charge is 0.323 e. The Labute approximate surface area is 98.8 Å². The Hall–Kier alpha value is -1.09. The summed E-state index contributed by atoms with van der Waals surface area (Å²) in [6, 6.07) is -0.180. The van der Waals surface area contributed by atoms with Gasteiger partial charge in [0, 0.05) is 13.1 Å². The molecule has 0 aromatic heterocycles. The van der Waals surface area contributed by atoms with Crippen molar-refractivity contribution in [1.29, 1.82) is 0 Å². The second kappa shape index (κ2) is 9.16. The summed E-state index contributed by atoms with van der Waals surface area (Å²) in [7, 11) is 0. The standard InChI is InChI=1S/C13H23NO2/c1-5-9-12(13(15)16-8-4)14(10-6-2)11-7-3/h6-7,12H,2-3,5,8-11H2,1,4H3. The van der Waals surface area contributed by atoms with Crippen LogP contribution in [0.5, 0.6) is 0 Å². The van der Waals surface area contributed by atoms with Crippen molar-refractivity contribution in [3.05, 3.63) is 25.3 Å². The third kappa shape index (κ3) is 5.12. The predicted octanol–water partition coefficient (Wildman–Crippen LogP) is 2.39. The van der Waals surface area contributed by atoms with Gasteiger partial charge in [-0.3, -0.25) is 9.69 Å². The minimum Gasteiger partial charge on any atom is -0.465 e. The molecule has 0 radical (unpaired) electrons. The molecule has 1 atom stereocenters. The molecule has 0 saturated heterocycles. The maximum absolute atomic E-state index is 11.8. The molecule has 0 spiro atoms. The van der Waals surface area contributed by atoms with Gasteiger partial charge in [-0.2, -0.15) is 0 Å². The van der Waals surface area contributed by atoms with E-state index in [1.165, 1.54) is 0 Å². The van der Waals surface area contributed by atoms with Crippen molar-refractivity contribution in [2.24, 2.45) is 0 Å². The predicted molar refractivity (Wildman–Crippen MR) is 67.3 cm³/mol. The Kier molecular flexibility index (Phi) is 8.53. The first-order valence-electron chi connectivity index (χ1n) is 5.83. The summed E-state index contributed by atoms with van der Waals surface area (Å²) in [6.07, 6.45) is 5.35. The number of ether oxygens (including phenoxy) is 1. The van der Waals surface area contributed by atoms with E-state index in [2.05, 4.69) is 20.1 Å². The van der Waals surface area contributed by atoms with Gasteiger partial charge in [0.25, 0.3) is 0 Å². The molecular weight excluding hydrogens is 202 g/mol. The monoisotopic (exact) mass is 225 g/mol. The summed E-state index contributed by atoms with van der Waals surface area (Å²) in [6.45, 7) is 13.1. The van der Waals surface area contributed by atoms with E-state index in [-0.39, 0.29) is 12.0 Å². The van der Waals surface area contributed by atoms with Gasteiger partial charge < -0.3 is 4.74 Å². The topological polar surface area (TPSA) is 29.5 Å². The van der Waals surface area contributed by atoms with Crippen molar-refractivity contribution < 1.29 is 9.53 Å². The van der Waals surface area contributed by atoms with E-state index >= 15 is 0 Å². The van der Waals surface area contributed by atoms with Gasteiger partial charge in [0.2, 0.25) is 0 Å². The lowest BCUT2D eigenvalue weighted by molar-refractivity contribution is -0.149. The molecule has 0 N–H and O–H groups in total. The average molecular weight is 225 g/mol. The zero-order valence-corrected chi connectivity index (χ0v) is 10.4. The third-order valence-corrected chi connectivity index (χ3v) is 2.29. The van der Waals surface area contributed by atoms with Crippen LogP contribution in [0.25, 0.3) is 0 Å². The highest BCUT2D eigenvalue weighted by Gasteiger charge is 2.24. The largest absolute Gasteiger partial charge is 0.465 e. The van der Waals surface area contributed by atoms with Crippen molar-refractivity contribution in [3.8, 4) is 0 Å². The summed E-state index contributed by atoms with van der Waals surface area (Å²) >= 11 is 0. The fraction of sp³-hybridized carbons (Fsp3) is 0.615. The van der Waals surface area contributed by atoms with E-state index in [0.717, 1.165) is 12.8 Å². The lowest BCUT2D eigenvalue weighted by atomic mass is 10.1. The quantitative estimate of drug-likeness (QED) is 0.446. The normalized spacial score (nSPS) is 12.2. The van der Waals surface area contributed by atoms with E-state index in [1.54, 1.807) is 12.2 Å². The van der Waals surface area contributed by atoms with E-state index in [1.807, 2.05) is 11.8 Å². The molecule has 0 aromatic rings. The number of carbonyl (C=O) groups is 1. The van der Waals surface area contributed by atoms with Crippen LogP contribution in [-0.2, 0) is 9.53 Å². The Balaban J connectivity index is 4.59. The van der Waals surface area contributed by atoms with Gasteiger partial charge >= 0.3 is 5.97 Å². The van der Waals surface area contributed by atoms with Crippen LogP contribution >= 0.6 is 0 Å². The minimum atomic E-state index is -0.180. The summed E-state index contributed by atoms with van der Waals surface area (Å²) in [5, 5.41) is 0. The lowest BCUT2D eigenvalue weighted by Crippen LogP contribution is -2.42. The Morgan fingerprint density at radius 2 is 1.88 bits per heavy atom. The molecule has 0 bridgehead atoms. The molecule has 0 saturated carbocycles. The molecule has 0 aliphatic carbocycles. The van der Waals surface area contributed by atoms with Crippen molar-refractivity contribution in [1.82, 2.24) is 4.90 Å². The zero-order chi connectivity index (χ0) is 12.4. The molecule has 3 nitrogen and oxygen atoms in total. The van der Waals surface area contributed by atoms with Crippen molar-refractivity contribution >= 4 is 5.97 Å². The first-order chi connectivity index (χ1) is 7.71. The second-order valence-electron chi connectivity index (χ2n) is 3.59. The Bertz CT molecular complexity index is 216. The molecule has 0 rings (SSSR count). The number of carbonyl (C=O) groups excluding carboxylic acids is 1. The van der Waals surface area contributed by atoms with Crippen LogP contribution in [0.1, 0.15) is 26.7 Å². The van der Waals surface area contributed by atoms with Crippen LogP contribution in [0.15, 0.2) is 25.3 Å². The molecular formula is C13H23NO2. The molecule has 0 fully saturated rings. The first-order valence-corrected chi connectivity index (χ1v) is 5.83. The van der Waals surface area contributed by atoms with Gasteiger partial charge in [0.15, 0.2) is 0 Å². The number of nitrogens with zero attached hydrogens (tertiary/aromatic N) is 1. The lowest BCUT2D eigenvalue weighted by Gasteiger charge is -2.27. The van der Waals surface area contributed by atoms with Gasteiger partial charge in [0.1, 0.15) is 6.04 Å². The number of esters is 1. The third-order valence-electron chi connectivity index (χ3n) is 2.29. The highest BCUT2D eigenvalue weighted by atomic mass is 16.5. The number of hydrogen-bond donors (Lipinski definition) is 0. The molecule has 0 aliphatic rings. The summed E-state index contributed by atoms with van der Waals surface area (Å²) in [5.74, 6) is -0.145. The first kappa shape index (κ1) is 14.9. The molecule has 92 valence electrons. The van der Waals surface area contributed by atoms with Crippen LogP contribution < -0.4 is 0 Å². The van der Waals surface area contributed by atoms with Crippen LogP contribution in [0.3, 0.4) is 0 Å². The van der Waals surface area contributed by atoms with Crippen LogP contribution in [0.2, 0.25) is 0 Å². The minimum absolute atomic E-state index is 0.145. The molecule has 0 aromatic carbocycles. The highest BCUT2D eigenvalue weighted by Crippen LogP contribution is 2.09. The number of rotatable bonds is 9. The summed E-state index contributed by atoms with van der Waals surface area (Å²) in [5.41, 5.74) is 0. The van der Waals surface area contributed by atoms with E-state index in [9.17, 15) is 4.79 Å². The van der Waals surface area contributed by atoms with Crippen LogP contribution in [-0.4, -0.2) is 36.6 Å². The highest BCUT2D eigenvalue weighted by molar-refractivity contribution is 5.75. The molecule has 0 heterocycles. The van der Waals surface area contributed by atoms with Gasteiger partial charge in [-0.25, -0.2) is 0 Å². The van der Waals surface area contributed by atoms with Crippen molar-refractivity contribution in [3.63, 3.8) is 0 Å². The Morgan fingerprint density at radius 1 is 1.31 bits per heavy atom. The molecule has 1 unspecified atom stereocenters. The van der Waals surface area contributed by atoms with Crippen LogP contribution in [0, 0.1) is 0 Å². The fourth-order valence-electron chi connectivity index (χ4n) is 1.62. The molecule has 0 amide bonds. The second-order valence-corrected chi connectivity index (χ2v) is 3.59. The average Bonchev–Trinajstić information content (AvgIpc) is 2.26. The summed E-state index contributed by atoms with van der Waals surface area (Å²) < 4.78 is 5.08. The van der Waals surface area contributed by atoms with Crippen LogP contribution in [0.4, 0.5) is 0 Å². The van der Waals surface area contributed by atoms with E-state index in [4.69, 9.17) is 4.74 Å². The van der Waals surface area contributed by atoms with Gasteiger partial charge in [-0.1, -0.05) is 25.5 Å². The van der Waals surface area contributed by atoms with E-state index in [0.29, 0.717) is 19.7 Å². The van der Waals surface area contributed by atoms with Crippen molar-refractivity contribution in [2.75, 3.05) is 19.7 Å². The van der Waals surface area contributed by atoms with Gasteiger partial charge in [-0.15, -0.1) is 13.2 Å². The maximum Gasteiger partial charge on any atom is 0.323 e. The van der Waals surface area contributed by atoms with Gasteiger partial charge in [0.05, 0.1) is 6.61 Å². The summed E-state index contributed by atoms with van der Waals surface area (Å²) in [4.78, 5) is 13.8. The Morgan fingerprint density at radius 3 is 2.25 bits per heavy atom. The molecule has 3 heteroatoms. The SMILES string of the molecule is C=CCN(CC=C)C(CCC)C(=O)OCC. The van der Waals surface area contributed by atoms with Crippen molar-refractivity contribution in [2.45, 2.75) is 32.7 Å². The zero-order valence-electron chi connectivity index (χ0n) is 10.4.